The van der Waals surface area contributed by atoms with Gasteiger partial charge in [-0.15, -0.1) is 0 Å². The molecule has 3 amide bonds. The van der Waals surface area contributed by atoms with E-state index in [1.54, 1.807) is 26.8 Å². The van der Waals surface area contributed by atoms with Crippen LogP contribution in [0.3, 0.4) is 0 Å². The molecule has 3 heterocycles. The van der Waals surface area contributed by atoms with Crippen LogP contribution in [0.15, 0.2) is 65.3 Å². The summed E-state index contributed by atoms with van der Waals surface area (Å²) in [6.45, 7) is 6.10. The van der Waals surface area contributed by atoms with Gasteiger partial charge < -0.3 is 23.9 Å². The van der Waals surface area contributed by atoms with Crippen LogP contribution >= 0.6 is 0 Å². The van der Waals surface area contributed by atoms with Gasteiger partial charge >= 0.3 is 0 Å². The minimum atomic E-state index is -0.255. The minimum absolute atomic E-state index is 0.00778. The second-order valence-electron chi connectivity index (χ2n) is 8.82. The van der Waals surface area contributed by atoms with E-state index in [9.17, 15) is 14.4 Å². The van der Waals surface area contributed by atoms with E-state index < -0.39 is 0 Å². The maximum atomic E-state index is 13.2. The fraction of sp³-hybridized carbons (Fsp3) is 0.296. The van der Waals surface area contributed by atoms with Gasteiger partial charge in [-0.1, -0.05) is 18.2 Å². The molecule has 2 aromatic carbocycles. The van der Waals surface area contributed by atoms with Crippen LogP contribution in [0.25, 0.3) is 11.1 Å². The summed E-state index contributed by atoms with van der Waals surface area (Å²) in [5.74, 6) is -0.0973. The lowest BCUT2D eigenvalue weighted by Gasteiger charge is -2.40. The zero-order valence-corrected chi connectivity index (χ0v) is 19.8. The van der Waals surface area contributed by atoms with Gasteiger partial charge in [-0.25, -0.2) is 0 Å². The van der Waals surface area contributed by atoms with Gasteiger partial charge in [-0.05, 0) is 54.4 Å². The van der Waals surface area contributed by atoms with E-state index >= 15 is 0 Å². The summed E-state index contributed by atoms with van der Waals surface area (Å²) < 4.78 is 10.7. The first-order valence-corrected chi connectivity index (χ1v) is 11.7. The van der Waals surface area contributed by atoms with E-state index in [1.165, 1.54) is 13.2 Å². The van der Waals surface area contributed by atoms with Crippen molar-refractivity contribution in [3.8, 4) is 11.1 Å². The molecule has 0 aliphatic carbocycles. The fourth-order valence-electron chi connectivity index (χ4n) is 4.76. The number of ether oxygens (including phenoxy) is 1. The number of fused-ring (bicyclic) bond motifs is 1. The van der Waals surface area contributed by atoms with Gasteiger partial charge in [0.15, 0.2) is 5.76 Å². The standard InChI is InChI=1S/C27H27N3O5/c1-18-17-29(27(33)25-4-3-13-35-25)24-16-22(9-10-23(24)30(18)19(2)31)20-5-7-21(8-6-20)26(32)28-11-14-34-15-12-28/h3-10,13,16,18H,11-12,14-15,17H2,1-2H3. The summed E-state index contributed by atoms with van der Waals surface area (Å²) in [6, 6.07) is 16.3. The second-order valence-corrected chi connectivity index (χ2v) is 8.82. The minimum Gasteiger partial charge on any atom is -0.459 e. The molecule has 1 saturated heterocycles. The number of hydrogen-bond donors (Lipinski definition) is 0. The van der Waals surface area contributed by atoms with Crippen LogP contribution in [0.4, 0.5) is 11.4 Å². The highest BCUT2D eigenvalue weighted by atomic mass is 16.5. The first kappa shape index (κ1) is 22.9. The van der Waals surface area contributed by atoms with Gasteiger partial charge in [0.2, 0.25) is 5.91 Å². The number of benzene rings is 2. The maximum Gasteiger partial charge on any atom is 0.294 e. The number of rotatable bonds is 3. The van der Waals surface area contributed by atoms with Crippen LogP contribution in [-0.4, -0.2) is 61.5 Å². The highest BCUT2D eigenvalue weighted by molar-refractivity contribution is 6.10. The summed E-state index contributed by atoms with van der Waals surface area (Å²) in [5, 5.41) is 0. The molecule has 8 nitrogen and oxygen atoms in total. The van der Waals surface area contributed by atoms with Crippen molar-refractivity contribution < 1.29 is 23.5 Å². The molecule has 0 spiro atoms. The topological polar surface area (TPSA) is 83.3 Å². The summed E-state index contributed by atoms with van der Waals surface area (Å²) in [4.78, 5) is 43.6. The molecule has 2 aliphatic rings. The van der Waals surface area contributed by atoms with Gasteiger partial charge in [0.1, 0.15) is 0 Å². The van der Waals surface area contributed by atoms with E-state index in [-0.39, 0.29) is 29.5 Å². The van der Waals surface area contributed by atoms with Gasteiger partial charge in [-0.2, -0.15) is 0 Å². The van der Waals surface area contributed by atoms with E-state index in [0.29, 0.717) is 49.8 Å². The highest BCUT2D eigenvalue weighted by Crippen LogP contribution is 2.39. The third-order valence-corrected chi connectivity index (χ3v) is 6.49. The Morgan fingerprint density at radius 1 is 0.886 bits per heavy atom. The number of carbonyl (C=O) groups is 3. The number of carbonyl (C=O) groups excluding carboxylic acids is 3. The van der Waals surface area contributed by atoms with Crippen LogP contribution in [0.2, 0.25) is 0 Å². The van der Waals surface area contributed by atoms with Crippen molar-refractivity contribution in [1.82, 2.24) is 4.90 Å². The Kier molecular flexibility index (Phi) is 6.13. The molecule has 8 heteroatoms. The van der Waals surface area contributed by atoms with Gasteiger partial charge in [0.05, 0.1) is 36.9 Å². The maximum absolute atomic E-state index is 13.2. The predicted molar refractivity (Wildman–Crippen MR) is 132 cm³/mol. The monoisotopic (exact) mass is 473 g/mol. The Morgan fingerprint density at radius 3 is 2.26 bits per heavy atom. The van der Waals surface area contributed by atoms with E-state index in [4.69, 9.17) is 9.15 Å². The van der Waals surface area contributed by atoms with E-state index in [0.717, 1.165) is 11.1 Å². The molecule has 0 saturated carbocycles. The van der Waals surface area contributed by atoms with Gasteiger partial charge in [0.25, 0.3) is 11.8 Å². The first-order chi connectivity index (χ1) is 16.9. The molecule has 1 unspecified atom stereocenters. The Morgan fingerprint density at radius 2 is 1.60 bits per heavy atom. The highest BCUT2D eigenvalue weighted by Gasteiger charge is 2.35. The molecule has 0 N–H and O–H groups in total. The zero-order valence-electron chi connectivity index (χ0n) is 19.8. The Labute approximate surface area is 203 Å². The SMILES string of the molecule is CC(=O)N1c2ccc(-c3ccc(C(=O)N4CCOCC4)cc3)cc2N(C(=O)c2ccco2)CC1C. The Hall–Kier alpha value is -3.91. The number of hydrogen-bond acceptors (Lipinski definition) is 5. The molecular formula is C27H27N3O5. The van der Waals surface area contributed by atoms with Crippen molar-refractivity contribution in [3.63, 3.8) is 0 Å². The Bertz CT molecular complexity index is 1250. The molecule has 35 heavy (non-hydrogen) atoms. The third kappa shape index (κ3) is 4.33. The van der Waals surface area contributed by atoms with Crippen LogP contribution < -0.4 is 9.80 Å². The molecule has 2 aliphatic heterocycles. The van der Waals surface area contributed by atoms with Gasteiger partial charge in [-0.3, -0.25) is 14.4 Å². The number of amides is 3. The molecule has 1 atom stereocenters. The average molecular weight is 474 g/mol. The quantitative estimate of drug-likeness (QED) is 0.578. The van der Waals surface area contributed by atoms with E-state index in [2.05, 4.69) is 0 Å². The van der Waals surface area contributed by atoms with Crippen molar-refractivity contribution in [1.29, 1.82) is 0 Å². The lowest BCUT2D eigenvalue weighted by molar-refractivity contribution is -0.117. The smallest absolute Gasteiger partial charge is 0.294 e. The molecule has 5 rings (SSSR count). The fourth-order valence-corrected chi connectivity index (χ4v) is 4.76. The summed E-state index contributed by atoms with van der Waals surface area (Å²) in [5.41, 5.74) is 3.73. The Balaban J connectivity index is 1.48. The van der Waals surface area contributed by atoms with E-state index in [1.807, 2.05) is 49.4 Å². The average Bonchev–Trinajstić information content (AvgIpc) is 3.42. The van der Waals surface area contributed by atoms with Crippen molar-refractivity contribution in [3.05, 3.63) is 72.2 Å². The molecule has 0 bridgehead atoms. The molecule has 3 aromatic rings. The van der Waals surface area contributed by atoms with Gasteiger partial charge in [0, 0.05) is 32.1 Å². The largest absolute Gasteiger partial charge is 0.459 e. The molecule has 180 valence electrons. The summed E-state index contributed by atoms with van der Waals surface area (Å²) in [6.07, 6.45) is 1.47. The molecule has 1 aromatic heterocycles. The molecule has 0 radical (unpaired) electrons. The van der Waals surface area contributed by atoms with Crippen molar-refractivity contribution in [2.45, 2.75) is 19.9 Å². The van der Waals surface area contributed by atoms with Crippen LogP contribution in [0, 0.1) is 0 Å². The van der Waals surface area contributed by atoms with Crippen molar-refractivity contribution in [2.75, 3.05) is 42.6 Å². The number of morpholine rings is 1. The lowest BCUT2D eigenvalue weighted by atomic mass is 9.99. The first-order valence-electron chi connectivity index (χ1n) is 11.7. The van der Waals surface area contributed by atoms with Crippen LogP contribution in [0.5, 0.6) is 0 Å². The number of furan rings is 1. The van der Waals surface area contributed by atoms with Crippen LogP contribution in [-0.2, 0) is 9.53 Å². The predicted octanol–water partition coefficient (Wildman–Crippen LogP) is 3.82. The normalized spacial score (nSPS) is 17.8. The third-order valence-electron chi connectivity index (χ3n) is 6.49. The number of anilines is 2. The molecule has 1 fully saturated rings. The zero-order chi connectivity index (χ0) is 24.5. The van der Waals surface area contributed by atoms with Crippen molar-refractivity contribution in [2.24, 2.45) is 0 Å². The summed E-state index contributed by atoms with van der Waals surface area (Å²) >= 11 is 0. The van der Waals surface area contributed by atoms with Crippen molar-refractivity contribution >= 4 is 29.1 Å². The van der Waals surface area contributed by atoms with Crippen LogP contribution in [0.1, 0.15) is 34.8 Å². The second kappa shape index (κ2) is 9.38. The molecular weight excluding hydrogens is 446 g/mol. The lowest BCUT2D eigenvalue weighted by Crippen LogP contribution is -2.51. The number of nitrogens with zero attached hydrogens (tertiary/aromatic N) is 3. The summed E-state index contributed by atoms with van der Waals surface area (Å²) in [7, 11) is 0.